The van der Waals surface area contributed by atoms with Gasteiger partial charge < -0.3 is 35.4 Å². The van der Waals surface area contributed by atoms with E-state index in [9.17, 15) is 19.5 Å². The summed E-state index contributed by atoms with van der Waals surface area (Å²) in [6, 6.07) is 1.55. The smallest absolute Gasteiger partial charge is 0.352 e. The second-order valence-corrected chi connectivity index (χ2v) is 7.05. The van der Waals surface area contributed by atoms with Crippen LogP contribution in [0.4, 0.5) is 0 Å². The minimum absolute atomic E-state index is 0.142. The summed E-state index contributed by atoms with van der Waals surface area (Å²) >= 11 is 1.23. The molecular weight excluding hydrogens is 422 g/mol. The molecule has 0 aliphatic carbocycles. The molecule has 30 heavy (non-hydrogen) atoms. The standard InChI is InChI=1S/C16H17N5O8S/c1-27-20-9(8-3-2-4-28-8)12(22)18-10-13(23)21-11(15(24)25)7(6-30-14(10)21)5-29-16(17)19-26/h2-4,10,14,26H,5-6H2,1H3,(H2,17,19)(H,18,22)(H,24,25)/b20-9+/t10-,14+/m1/s1. The monoisotopic (exact) mass is 439 g/mol. The Morgan fingerprint density at radius 3 is 2.87 bits per heavy atom. The van der Waals surface area contributed by atoms with Gasteiger partial charge in [-0.2, -0.15) is 0 Å². The summed E-state index contributed by atoms with van der Waals surface area (Å²) in [5.74, 6) is -2.34. The van der Waals surface area contributed by atoms with E-state index < -0.39 is 35.2 Å². The number of hydrogen-bond acceptors (Lipinski definition) is 10. The lowest BCUT2D eigenvalue weighted by Gasteiger charge is -2.49. The average Bonchev–Trinajstić information content (AvgIpc) is 3.27. The molecular formula is C16H17N5O8S. The van der Waals surface area contributed by atoms with Gasteiger partial charge in [0.15, 0.2) is 5.76 Å². The number of amides is 2. The van der Waals surface area contributed by atoms with Gasteiger partial charge in [0.05, 0.1) is 6.26 Å². The minimum Gasteiger partial charge on any atom is -0.477 e. The molecule has 14 heteroatoms. The van der Waals surface area contributed by atoms with Gasteiger partial charge in [0.25, 0.3) is 11.8 Å². The van der Waals surface area contributed by atoms with Gasteiger partial charge >= 0.3 is 12.0 Å². The van der Waals surface area contributed by atoms with Crippen LogP contribution in [0.2, 0.25) is 0 Å². The Labute approximate surface area is 173 Å². The molecule has 5 N–H and O–H groups in total. The number of rotatable bonds is 7. The largest absolute Gasteiger partial charge is 0.477 e. The zero-order valence-corrected chi connectivity index (χ0v) is 16.3. The van der Waals surface area contributed by atoms with E-state index in [0.29, 0.717) is 0 Å². The molecule has 2 aliphatic rings. The quantitative estimate of drug-likeness (QED) is 0.136. The SMILES string of the molecule is CO/N=C(/C(=O)N[C@@H]1C(=O)N2C(C(=O)O)=C(CO/C(N)=N/O)CS[C@@H]12)c1ccco1. The molecule has 1 aromatic heterocycles. The Bertz CT molecular complexity index is 941. The molecule has 2 amide bonds. The van der Waals surface area contributed by atoms with Crippen LogP contribution in [-0.4, -0.2) is 75.6 Å². The van der Waals surface area contributed by atoms with E-state index >= 15 is 0 Å². The first-order valence-electron chi connectivity index (χ1n) is 8.35. The first kappa shape index (κ1) is 21.0. The lowest BCUT2D eigenvalue weighted by molar-refractivity contribution is -0.150. The highest BCUT2D eigenvalue weighted by atomic mass is 32.2. The highest BCUT2D eigenvalue weighted by molar-refractivity contribution is 8.00. The van der Waals surface area contributed by atoms with Crippen molar-refractivity contribution in [2.75, 3.05) is 19.5 Å². The highest BCUT2D eigenvalue weighted by Crippen LogP contribution is 2.40. The van der Waals surface area contributed by atoms with Crippen molar-refractivity contribution in [3.63, 3.8) is 0 Å². The van der Waals surface area contributed by atoms with Gasteiger partial charge in [0, 0.05) is 11.3 Å². The Morgan fingerprint density at radius 2 is 2.27 bits per heavy atom. The van der Waals surface area contributed by atoms with E-state index in [-0.39, 0.29) is 35.1 Å². The molecule has 0 saturated carbocycles. The fraction of sp³-hybridized carbons (Fsp3) is 0.312. The van der Waals surface area contributed by atoms with Crippen molar-refractivity contribution in [1.29, 1.82) is 0 Å². The predicted molar refractivity (Wildman–Crippen MR) is 101 cm³/mol. The number of hydrogen-bond donors (Lipinski definition) is 4. The van der Waals surface area contributed by atoms with E-state index in [2.05, 4.69) is 20.5 Å². The van der Waals surface area contributed by atoms with Gasteiger partial charge in [-0.1, -0.05) is 5.16 Å². The first-order valence-corrected chi connectivity index (χ1v) is 9.40. The molecule has 0 bridgehead atoms. The van der Waals surface area contributed by atoms with Crippen molar-refractivity contribution >= 4 is 41.3 Å². The molecule has 2 atom stereocenters. The predicted octanol–water partition coefficient (Wildman–Crippen LogP) is -0.911. The molecule has 0 radical (unpaired) electrons. The molecule has 3 rings (SSSR count). The number of fused-ring (bicyclic) bond motifs is 1. The lowest BCUT2D eigenvalue weighted by Crippen LogP contribution is -2.71. The number of oxime groups is 2. The van der Waals surface area contributed by atoms with Crippen LogP contribution < -0.4 is 11.1 Å². The molecule has 1 saturated heterocycles. The fourth-order valence-electron chi connectivity index (χ4n) is 2.90. The highest BCUT2D eigenvalue weighted by Gasteiger charge is 2.54. The number of β-lactam (4-membered cyclic amide) rings is 1. The Balaban J connectivity index is 1.76. The van der Waals surface area contributed by atoms with Crippen molar-refractivity contribution in [3.8, 4) is 0 Å². The number of carboxylic acids is 1. The van der Waals surface area contributed by atoms with Crippen molar-refractivity contribution in [3.05, 3.63) is 35.4 Å². The number of carbonyl (C=O) groups is 3. The minimum atomic E-state index is -1.34. The number of nitrogens with one attached hydrogen (secondary N) is 1. The Morgan fingerprint density at radius 1 is 1.50 bits per heavy atom. The molecule has 2 aliphatic heterocycles. The molecule has 13 nitrogen and oxygen atoms in total. The van der Waals surface area contributed by atoms with Crippen LogP contribution in [0.3, 0.4) is 0 Å². The number of nitrogens with two attached hydrogens (primary N) is 1. The maximum atomic E-state index is 12.6. The summed E-state index contributed by atoms with van der Waals surface area (Å²) in [5.41, 5.74) is 5.06. The van der Waals surface area contributed by atoms with E-state index in [1.165, 1.54) is 31.2 Å². The van der Waals surface area contributed by atoms with Crippen LogP contribution in [0.5, 0.6) is 0 Å². The summed E-state index contributed by atoms with van der Waals surface area (Å²) < 4.78 is 10.1. The lowest BCUT2D eigenvalue weighted by atomic mass is 10.0. The maximum Gasteiger partial charge on any atom is 0.352 e. The molecule has 160 valence electrons. The van der Waals surface area contributed by atoms with Gasteiger partial charge in [-0.15, -0.1) is 11.8 Å². The van der Waals surface area contributed by atoms with Gasteiger partial charge in [-0.25, -0.2) is 4.79 Å². The Hall–Kier alpha value is -3.68. The van der Waals surface area contributed by atoms with Crippen LogP contribution in [-0.2, 0) is 24.0 Å². The Kier molecular flexibility index (Phi) is 6.15. The molecule has 1 fully saturated rings. The second kappa shape index (κ2) is 8.77. The van der Waals surface area contributed by atoms with E-state index in [1.807, 2.05) is 0 Å². The van der Waals surface area contributed by atoms with Crippen LogP contribution in [0.15, 0.2) is 44.4 Å². The number of thioether (sulfide) groups is 1. The number of carboxylic acid groups (broad SMARTS) is 1. The number of amidine groups is 1. The van der Waals surface area contributed by atoms with Crippen LogP contribution >= 0.6 is 11.8 Å². The maximum absolute atomic E-state index is 12.6. The van der Waals surface area contributed by atoms with Crippen molar-refractivity contribution in [2.24, 2.45) is 16.0 Å². The third-order valence-electron chi connectivity index (χ3n) is 4.18. The number of carbonyl (C=O) groups excluding carboxylic acids is 2. The van der Waals surface area contributed by atoms with Gasteiger partial charge in [0.1, 0.15) is 30.8 Å². The van der Waals surface area contributed by atoms with E-state index in [4.69, 9.17) is 20.1 Å². The first-order chi connectivity index (χ1) is 14.4. The normalized spacial score (nSPS) is 21.6. The zero-order valence-electron chi connectivity index (χ0n) is 15.5. The van der Waals surface area contributed by atoms with Crippen LogP contribution in [0.25, 0.3) is 0 Å². The van der Waals surface area contributed by atoms with Gasteiger partial charge in [-0.3, -0.25) is 14.5 Å². The van der Waals surface area contributed by atoms with Gasteiger partial charge in [-0.05, 0) is 17.3 Å². The van der Waals surface area contributed by atoms with Crippen molar-refractivity contribution < 1.29 is 38.7 Å². The summed E-state index contributed by atoms with van der Waals surface area (Å²) in [4.78, 5) is 42.7. The summed E-state index contributed by atoms with van der Waals surface area (Å²) in [6.45, 7) is -0.277. The van der Waals surface area contributed by atoms with Gasteiger partial charge in [0.2, 0.25) is 5.71 Å². The topological polar surface area (TPSA) is 189 Å². The number of furan rings is 1. The molecule has 0 aromatic carbocycles. The van der Waals surface area contributed by atoms with Crippen LogP contribution in [0.1, 0.15) is 5.76 Å². The summed E-state index contributed by atoms with van der Waals surface area (Å²) in [6.07, 6.45) is 1.35. The number of nitrogens with zero attached hydrogens (tertiary/aromatic N) is 3. The fourth-order valence-corrected chi connectivity index (χ4v) is 4.22. The average molecular weight is 439 g/mol. The molecule has 1 aromatic rings. The van der Waals surface area contributed by atoms with Crippen molar-refractivity contribution in [2.45, 2.75) is 11.4 Å². The summed E-state index contributed by atoms with van der Waals surface area (Å²) in [5, 5.41) is 26.2. The molecule has 0 spiro atoms. The summed E-state index contributed by atoms with van der Waals surface area (Å²) in [7, 11) is 1.26. The molecule has 0 unspecified atom stereocenters. The number of aliphatic carboxylic acids is 1. The molecule has 3 heterocycles. The van der Waals surface area contributed by atoms with Crippen LogP contribution in [0, 0.1) is 0 Å². The second-order valence-electron chi connectivity index (χ2n) is 5.94. The van der Waals surface area contributed by atoms with E-state index in [1.54, 1.807) is 6.07 Å². The van der Waals surface area contributed by atoms with E-state index in [0.717, 1.165) is 4.90 Å². The number of ether oxygens (including phenoxy) is 1. The van der Waals surface area contributed by atoms with Crippen molar-refractivity contribution in [1.82, 2.24) is 10.2 Å². The third kappa shape index (κ3) is 3.89. The third-order valence-corrected chi connectivity index (χ3v) is 5.52. The zero-order chi connectivity index (χ0) is 21.8.